The smallest absolute Gasteiger partial charge is 0.221 e. The average molecular weight is 269 g/mol. The third-order valence-electron chi connectivity index (χ3n) is 3.12. The van der Waals surface area contributed by atoms with Crippen LogP contribution in [0, 0.1) is 6.92 Å². The second-order valence-electron chi connectivity index (χ2n) is 4.86. The second kappa shape index (κ2) is 6.19. The molecule has 0 saturated heterocycles. The molecule has 0 saturated carbocycles. The van der Waals surface area contributed by atoms with Gasteiger partial charge in [0.1, 0.15) is 0 Å². The third-order valence-corrected chi connectivity index (χ3v) is 3.12. The monoisotopic (exact) mass is 269 g/mol. The van der Waals surface area contributed by atoms with E-state index in [0.29, 0.717) is 0 Å². The van der Waals surface area contributed by atoms with Gasteiger partial charge in [-0.2, -0.15) is 0 Å². The van der Waals surface area contributed by atoms with Crippen LogP contribution >= 0.6 is 0 Å². The van der Waals surface area contributed by atoms with Crippen LogP contribution < -0.4 is 10.6 Å². The lowest BCUT2D eigenvalue weighted by molar-refractivity contribution is -0.114. The summed E-state index contributed by atoms with van der Waals surface area (Å²) in [6.07, 6.45) is 3.60. The van der Waals surface area contributed by atoms with Gasteiger partial charge in [0, 0.05) is 24.8 Å². The Labute approximate surface area is 119 Å². The molecular weight excluding hydrogens is 250 g/mol. The summed E-state index contributed by atoms with van der Waals surface area (Å²) in [6, 6.07) is 9.94. The number of aromatic nitrogens is 1. The minimum atomic E-state index is -0.0640. The Hall–Kier alpha value is -2.36. The van der Waals surface area contributed by atoms with E-state index in [2.05, 4.69) is 22.5 Å². The lowest BCUT2D eigenvalue weighted by Crippen LogP contribution is -2.10. The molecule has 0 aliphatic heterocycles. The summed E-state index contributed by atoms with van der Waals surface area (Å²) >= 11 is 0. The molecule has 0 fully saturated rings. The van der Waals surface area contributed by atoms with Crippen molar-refractivity contribution in [3.05, 3.63) is 53.9 Å². The number of rotatable bonds is 4. The van der Waals surface area contributed by atoms with E-state index in [1.165, 1.54) is 6.92 Å². The highest BCUT2D eigenvalue weighted by molar-refractivity contribution is 5.88. The van der Waals surface area contributed by atoms with Crippen molar-refractivity contribution < 1.29 is 4.79 Å². The van der Waals surface area contributed by atoms with Crippen LogP contribution in [0.15, 0.2) is 42.7 Å². The van der Waals surface area contributed by atoms with Gasteiger partial charge in [0.25, 0.3) is 0 Å². The number of hydrogen-bond acceptors (Lipinski definition) is 3. The van der Waals surface area contributed by atoms with Crippen LogP contribution in [-0.2, 0) is 4.79 Å². The maximum absolute atomic E-state index is 11.1. The number of amides is 1. The van der Waals surface area contributed by atoms with E-state index in [4.69, 9.17) is 0 Å². The summed E-state index contributed by atoms with van der Waals surface area (Å²) in [7, 11) is 0. The van der Waals surface area contributed by atoms with E-state index in [0.717, 1.165) is 22.5 Å². The Balaban J connectivity index is 2.15. The van der Waals surface area contributed by atoms with Crippen molar-refractivity contribution in [1.82, 2.24) is 4.98 Å². The molecule has 1 atom stereocenters. The lowest BCUT2D eigenvalue weighted by Gasteiger charge is -2.17. The molecule has 0 radical (unpaired) electrons. The van der Waals surface area contributed by atoms with Gasteiger partial charge < -0.3 is 10.6 Å². The molecule has 1 amide bonds. The predicted molar refractivity (Wildman–Crippen MR) is 81.8 cm³/mol. The molecule has 0 spiro atoms. The molecule has 0 bridgehead atoms. The van der Waals surface area contributed by atoms with Crippen molar-refractivity contribution in [1.29, 1.82) is 0 Å². The molecule has 0 aliphatic rings. The molecule has 2 N–H and O–H groups in total. The van der Waals surface area contributed by atoms with Crippen molar-refractivity contribution in [2.75, 3.05) is 10.6 Å². The van der Waals surface area contributed by atoms with Gasteiger partial charge in [0.2, 0.25) is 5.91 Å². The van der Waals surface area contributed by atoms with Crippen LogP contribution in [0.2, 0.25) is 0 Å². The molecule has 104 valence electrons. The van der Waals surface area contributed by atoms with Crippen molar-refractivity contribution in [2.24, 2.45) is 0 Å². The zero-order valence-electron chi connectivity index (χ0n) is 12.0. The molecule has 2 aromatic rings. The molecule has 1 aromatic carbocycles. The number of anilines is 2. The largest absolute Gasteiger partial charge is 0.377 e. The number of carbonyl (C=O) groups excluding carboxylic acids is 1. The first-order valence-corrected chi connectivity index (χ1v) is 6.61. The molecule has 0 aliphatic carbocycles. The quantitative estimate of drug-likeness (QED) is 0.893. The summed E-state index contributed by atoms with van der Waals surface area (Å²) in [5.74, 6) is -0.0640. The molecule has 1 unspecified atom stereocenters. The van der Waals surface area contributed by atoms with Gasteiger partial charge in [-0.1, -0.05) is 12.1 Å². The van der Waals surface area contributed by atoms with Gasteiger partial charge in [-0.25, -0.2) is 0 Å². The average Bonchev–Trinajstić information content (AvgIpc) is 2.41. The maximum Gasteiger partial charge on any atom is 0.221 e. The molecule has 4 nitrogen and oxygen atoms in total. The van der Waals surface area contributed by atoms with E-state index in [1.54, 1.807) is 6.20 Å². The normalized spacial score (nSPS) is 11.8. The minimum Gasteiger partial charge on any atom is -0.377 e. The topological polar surface area (TPSA) is 54.0 Å². The highest BCUT2D eigenvalue weighted by Crippen LogP contribution is 2.23. The van der Waals surface area contributed by atoms with Crippen LogP contribution in [0.3, 0.4) is 0 Å². The summed E-state index contributed by atoms with van der Waals surface area (Å²) in [5.41, 5.74) is 4.10. The van der Waals surface area contributed by atoms with Gasteiger partial charge in [-0.3, -0.25) is 9.78 Å². The molecular formula is C16H19N3O. The summed E-state index contributed by atoms with van der Waals surface area (Å²) < 4.78 is 0. The molecule has 4 heteroatoms. The van der Waals surface area contributed by atoms with Crippen LogP contribution in [0.1, 0.15) is 31.0 Å². The van der Waals surface area contributed by atoms with Crippen molar-refractivity contribution >= 4 is 17.3 Å². The van der Waals surface area contributed by atoms with Crippen LogP contribution in [-0.4, -0.2) is 10.9 Å². The first-order valence-electron chi connectivity index (χ1n) is 6.61. The number of benzene rings is 1. The highest BCUT2D eigenvalue weighted by atomic mass is 16.1. The van der Waals surface area contributed by atoms with Crippen LogP contribution in [0.4, 0.5) is 11.4 Å². The van der Waals surface area contributed by atoms with Crippen molar-refractivity contribution in [2.45, 2.75) is 26.8 Å². The predicted octanol–water partition coefficient (Wildman–Crippen LogP) is 3.52. The van der Waals surface area contributed by atoms with Crippen LogP contribution in [0.5, 0.6) is 0 Å². The van der Waals surface area contributed by atoms with E-state index in [-0.39, 0.29) is 11.9 Å². The number of hydrogen-bond donors (Lipinski definition) is 2. The van der Waals surface area contributed by atoms with E-state index < -0.39 is 0 Å². The highest BCUT2D eigenvalue weighted by Gasteiger charge is 2.08. The van der Waals surface area contributed by atoms with E-state index in [9.17, 15) is 4.79 Å². The maximum atomic E-state index is 11.1. The molecule has 2 rings (SSSR count). The van der Waals surface area contributed by atoms with Crippen molar-refractivity contribution in [3.8, 4) is 0 Å². The molecule has 20 heavy (non-hydrogen) atoms. The number of pyridine rings is 1. The fourth-order valence-electron chi connectivity index (χ4n) is 2.02. The Kier molecular flexibility index (Phi) is 4.35. The SMILES string of the molecule is CC(=O)Nc1cccc(C(C)Nc2cnccc2C)c1. The van der Waals surface area contributed by atoms with Gasteiger partial charge in [-0.05, 0) is 43.2 Å². The lowest BCUT2D eigenvalue weighted by atomic mass is 10.1. The number of nitrogens with one attached hydrogen (secondary N) is 2. The van der Waals surface area contributed by atoms with Gasteiger partial charge >= 0.3 is 0 Å². The zero-order chi connectivity index (χ0) is 14.5. The van der Waals surface area contributed by atoms with Gasteiger partial charge in [0.05, 0.1) is 11.9 Å². The molecule has 1 heterocycles. The Morgan fingerprint density at radius 3 is 2.80 bits per heavy atom. The fraction of sp³-hybridized carbons (Fsp3) is 0.250. The summed E-state index contributed by atoms with van der Waals surface area (Å²) in [5, 5.41) is 6.23. The Bertz CT molecular complexity index is 610. The zero-order valence-corrected chi connectivity index (χ0v) is 12.0. The molecule has 1 aromatic heterocycles. The van der Waals surface area contributed by atoms with Crippen LogP contribution in [0.25, 0.3) is 0 Å². The number of carbonyl (C=O) groups is 1. The number of aryl methyl sites for hydroxylation is 1. The third kappa shape index (κ3) is 3.57. The minimum absolute atomic E-state index is 0.0640. The Morgan fingerprint density at radius 2 is 2.10 bits per heavy atom. The second-order valence-corrected chi connectivity index (χ2v) is 4.86. The van der Waals surface area contributed by atoms with Gasteiger partial charge in [-0.15, -0.1) is 0 Å². The van der Waals surface area contributed by atoms with Crippen molar-refractivity contribution in [3.63, 3.8) is 0 Å². The standard InChI is InChI=1S/C16H19N3O/c1-11-7-8-17-10-16(11)18-12(2)14-5-4-6-15(9-14)19-13(3)20/h4-10,12,18H,1-3H3,(H,19,20). The fourth-order valence-corrected chi connectivity index (χ4v) is 2.02. The van der Waals surface area contributed by atoms with Gasteiger partial charge in [0.15, 0.2) is 0 Å². The van der Waals surface area contributed by atoms with E-state index in [1.807, 2.05) is 43.5 Å². The first-order chi connectivity index (χ1) is 9.56. The Morgan fingerprint density at radius 1 is 1.30 bits per heavy atom. The number of nitrogens with zero attached hydrogens (tertiary/aromatic N) is 1. The summed E-state index contributed by atoms with van der Waals surface area (Å²) in [4.78, 5) is 15.2. The van der Waals surface area contributed by atoms with E-state index >= 15 is 0 Å². The summed E-state index contributed by atoms with van der Waals surface area (Å²) in [6.45, 7) is 5.64. The first kappa shape index (κ1) is 14.1.